The van der Waals surface area contributed by atoms with Crippen LogP contribution >= 0.6 is 11.6 Å². The molecule has 2 aromatic rings. The molecule has 1 atom stereocenters. The zero-order valence-electron chi connectivity index (χ0n) is 16.6. The van der Waals surface area contributed by atoms with E-state index in [0.717, 1.165) is 12.0 Å². The molecule has 150 valence electrons. The Morgan fingerprint density at radius 1 is 1.04 bits per heavy atom. The summed E-state index contributed by atoms with van der Waals surface area (Å²) >= 11 is 5.95. The van der Waals surface area contributed by atoms with Gasteiger partial charge in [-0.3, -0.25) is 9.59 Å². The van der Waals surface area contributed by atoms with Crippen molar-refractivity contribution in [3.8, 4) is 5.75 Å². The molecule has 0 unspecified atom stereocenters. The molecule has 1 N–H and O–H groups in total. The van der Waals surface area contributed by atoms with Crippen LogP contribution in [0.1, 0.15) is 31.4 Å². The lowest BCUT2D eigenvalue weighted by Crippen LogP contribution is -2.49. The van der Waals surface area contributed by atoms with Crippen molar-refractivity contribution in [2.75, 3.05) is 13.7 Å². The maximum Gasteiger partial charge on any atom is 0.261 e. The van der Waals surface area contributed by atoms with Crippen molar-refractivity contribution in [2.24, 2.45) is 0 Å². The molecule has 0 aliphatic rings. The van der Waals surface area contributed by atoms with Gasteiger partial charge in [-0.05, 0) is 48.2 Å². The maximum atomic E-state index is 12.9. The van der Waals surface area contributed by atoms with Crippen molar-refractivity contribution >= 4 is 23.4 Å². The van der Waals surface area contributed by atoms with Gasteiger partial charge >= 0.3 is 0 Å². The fourth-order valence-electron chi connectivity index (χ4n) is 2.92. The van der Waals surface area contributed by atoms with Crippen LogP contribution in [0.3, 0.4) is 0 Å². The van der Waals surface area contributed by atoms with Crippen molar-refractivity contribution in [2.45, 2.75) is 39.3 Å². The largest absolute Gasteiger partial charge is 0.484 e. The number of aryl methyl sites for hydroxylation is 1. The number of nitrogens with one attached hydrogen (secondary N) is 1. The first-order chi connectivity index (χ1) is 13.5. The van der Waals surface area contributed by atoms with E-state index in [1.165, 1.54) is 5.56 Å². The van der Waals surface area contributed by atoms with Crippen LogP contribution in [0.5, 0.6) is 5.75 Å². The Bertz CT molecular complexity index is 775. The first-order valence-electron chi connectivity index (χ1n) is 9.45. The number of ether oxygens (including phenoxy) is 1. The molecule has 2 rings (SSSR count). The Hall–Kier alpha value is -2.53. The fraction of sp³-hybridized carbons (Fsp3) is 0.364. The highest BCUT2D eigenvalue weighted by Crippen LogP contribution is 2.17. The molecule has 28 heavy (non-hydrogen) atoms. The number of likely N-dealkylation sites (N-methyl/N-ethyl adjacent to an activating group) is 1. The molecule has 0 fully saturated rings. The summed E-state index contributed by atoms with van der Waals surface area (Å²) in [6.07, 6.45) is 1.45. The van der Waals surface area contributed by atoms with Gasteiger partial charge in [0.15, 0.2) is 6.61 Å². The van der Waals surface area contributed by atoms with Gasteiger partial charge < -0.3 is 15.0 Å². The molecule has 0 bridgehead atoms. The number of benzene rings is 2. The van der Waals surface area contributed by atoms with Crippen molar-refractivity contribution in [1.29, 1.82) is 0 Å². The van der Waals surface area contributed by atoms with Gasteiger partial charge in [0.1, 0.15) is 11.8 Å². The smallest absolute Gasteiger partial charge is 0.261 e. The Morgan fingerprint density at radius 2 is 1.64 bits per heavy atom. The van der Waals surface area contributed by atoms with Gasteiger partial charge in [-0.25, -0.2) is 0 Å². The van der Waals surface area contributed by atoms with Crippen molar-refractivity contribution in [3.63, 3.8) is 0 Å². The molecule has 0 spiro atoms. The summed E-state index contributed by atoms with van der Waals surface area (Å²) in [6.45, 7) is 4.14. The lowest BCUT2D eigenvalue weighted by molar-refractivity contribution is -0.142. The number of nitrogens with zero attached hydrogens (tertiary/aromatic N) is 1. The minimum atomic E-state index is -0.570. The van der Waals surface area contributed by atoms with Gasteiger partial charge in [-0.2, -0.15) is 0 Å². The maximum absolute atomic E-state index is 12.9. The zero-order valence-corrected chi connectivity index (χ0v) is 17.3. The summed E-state index contributed by atoms with van der Waals surface area (Å²) in [7, 11) is 1.57. The van der Waals surface area contributed by atoms with Crippen molar-refractivity contribution in [1.82, 2.24) is 10.2 Å². The SMILES string of the molecule is CCc1ccc(OCC(=O)N(Cc2ccc(Cl)cc2)[C@H](CC)C(=O)NC)cc1. The number of hydrogen-bond acceptors (Lipinski definition) is 3. The van der Waals surface area contributed by atoms with Crippen LogP contribution in [0.4, 0.5) is 0 Å². The van der Waals surface area contributed by atoms with E-state index >= 15 is 0 Å². The predicted octanol–water partition coefficient (Wildman–Crippen LogP) is 3.83. The summed E-state index contributed by atoms with van der Waals surface area (Å²) in [5.41, 5.74) is 2.10. The van der Waals surface area contributed by atoms with Crippen LogP contribution in [0.15, 0.2) is 48.5 Å². The van der Waals surface area contributed by atoms with E-state index < -0.39 is 6.04 Å². The van der Waals surface area contributed by atoms with Gasteiger partial charge in [0, 0.05) is 18.6 Å². The van der Waals surface area contributed by atoms with Crippen LogP contribution in [0, 0.1) is 0 Å². The summed E-state index contributed by atoms with van der Waals surface area (Å²) in [5, 5.41) is 3.26. The second kappa shape index (κ2) is 10.7. The highest BCUT2D eigenvalue weighted by molar-refractivity contribution is 6.30. The van der Waals surface area contributed by atoms with E-state index in [9.17, 15) is 9.59 Å². The van der Waals surface area contributed by atoms with E-state index in [1.807, 2.05) is 43.3 Å². The molecule has 2 aromatic carbocycles. The average molecular weight is 403 g/mol. The normalized spacial score (nSPS) is 11.6. The summed E-state index contributed by atoms with van der Waals surface area (Å²) < 4.78 is 5.67. The molecule has 6 heteroatoms. The number of halogens is 1. The third-order valence-electron chi connectivity index (χ3n) is 4.59. The Kier molecular flexibility index (Phi) is 8.33. The second-order valence-corrected chi connectivity index (χ2v) is 6.91. The third-order valence-corrected chi connectivity index (χ3v) is 4.84. The quantitative estimate of drug-likeness (QED) is 0.693. The van der Waals surface area contributed by atoms with E-state index in [1.54, 1.807) is 24.1 Å². The number of amides is 2. The van der Waals surface area contributed by atoms with E-state index in [-0.39, 0.29) is 18.4 Å². The van der Waals surface area contributed by atoms with Crippen LogP contribution < -0.4 is 10.1 Å². The average Bonchev–Trinajstić information content (AvgIpc) is 2.73. The molecule has 0 radical (unpaired) electrons. The number of hydrogen-bond donors (Lipinski definition) is 1. The van der Waals surface area contributed by atoms with Gasteiger partial charge in [-0.15, -0.1) is 0 Å². The monoisotopic (exact) mass is 402 g/mol. The first-order valence-corrected chi connectivity index (χ1v) is 9.83. The molecule has 5 nitrogen and oxygen atoms in total. The predicted molar refractivity (Wildman–Crippen MR) is 111 cm³/mol. The minimum absolute atomic E-state index is 0.132. The standard InChI is InChI=1S/C22H27ClN2O3/c1-4-16-8-12-19(13-9-16)28-15-21(26)25(20(5-2)22(27)24-3)14-17-6-10-18(23)11-7-17/h6-13,20H,4-5,14-15H2,1-3H3,(H,24,27)/t20-/m1/s1. The minimum Gasteiger partial charge on any atom is -0.484 e. The highest BCUT2D eigenvalue weighted by atomic mass is 35.5. The molecular formula is C22H27ClN2O3. The van der Waals surface area contributed by atoms with E-state index in [2.05, 4.69) is 12.2 Å². The van der Waals surface area contributed by atoms with Crippen LogP contribution in [-0.2, 0) is 22.6 Å². The summed E-state index contributed by atoms with van der Waals surface area (Å²) in [5.74, 6) is 0.187. The molecule has 0 aromatic heterocycles. The topological polar surface area (TPSA) is 58.6 Å². The van der Waals surface area contributed by atoms with Crippen LogP contribution in [0.2, 0.25) is 5.02 Å². The number of rotatable bonds is 9. The van der Waals surface area contributed by atoms with Crippen molar-refractivity contribution < 1.29 is 14.3 Å². The van der Waals surface area contributed by atoms with Crippen LogP contribution in [0.25, 0.3) is 0 Å². The summed E-state index contributed by atoms with van der Waals surface area (Å²) in [4.78, 5) is 26.8. The molecule has 2 amide bonds. The number of carbonyl (C=O) groups is 2. The molecule has 0 aliphatic heterocycles. The first kappa shape index (κ1) is 21.8. The zero-order chi connectivity index (χ0) is 20.5. The molecule has 0 heterocycles. The molecule has 0 saturated heterocycles. The van der Waals surface area contributed by atoms with Gasteiger partial charge in [-0.1, -0.05) is 49.7 Å². The lowest BCUT2D eigenvalue weighted by atomic mass is 10.1. The van der Waals surface area contributed by atoms with Crippen LogP contribution in [-0.4, -0.2) is 36.4 Å². The Labute approximate surface area is 171 Å². The molecule has 0 aliphatic carbocycles. The second-order valence-electron chi connectivity index (χ2n) is 6.47. The fourth-order valence-corrected chi connectivity index (χ4v) is 3.05. The molecule has 0 saturated carbocycles. The van der Waals surface area contributed by atoms with Gasteiger partial charge in [0.05, 0.1) is 0 Å². The van der Waals surface area contributed by atoms with E-state index in [0.29, 0.717) is 23.7 Å². The van der Waals surface area contributed by atoms with Gasteiger partial charge in [0.25, 0.3) is 5.91 Å². The Morgan fingerprint density at radius 3 is 2.18 bits per heavy atom. The van der Waals surface area contributed by atoms with Crippen molar-refractivity contribution in [3.05, 3.63) is 64.7 Å². The van der Waals surface area contributed by atoms with Gasteiger partial charge in [0.2, 0.25) is 5.91 Å². The lowest BCUT2D eigenvalue weighted by Gasteiger charge is -2.30. The Balaban J connectivity index is 2.14. The highest BCUT2D eigenvalue weighted by Gasteiger charge is 2.28. The van der Waals surface area contributed by atoms with E-state index in [4.69, 9.17) is 16.3 Å². The molecular weight excluding hydrogens is 376 g/mol. The third kappa shape index (κ3) is 5.99. The summed E-state index contributed by atoms with van der Waals surface area (Å²) in [6, 6.07) is 14.3. The number of carbonyl (C=O) groups excluding carboxylic acids is 2.